The molecule has 1 atom stereocenters. The van der Waals surface area contributed by atoms with E-state index in [1.54, 1.807) is 36.3 Å². The van der Waals surface area contributed by atoms with Gasteiger partial charge in [0, 0.05) is 11.0 Å². The summed E-state index contributed by atoms with van der Waals surface area (Å²) in [5.74, 6) is 0.660. The minimum Gasteiger partial charge on any atom is -0.497 e. The van der Waals surface area contributed by atoms with Gasteiger partial charge in [0.25, 0.3) is 5.91 Å². The number of benzene rings is 3. The molecule has 0 saturated heterocycles. The number of para-hydroxylation sites is 1. The molecule has 0 aliphatic carbocycles. The Morgan fingerprint density at radius 1 is 0.969 bits per heavy atom. The number of ether oxygens (including phenoxy) is 1. The van der Waals surface area contributed by atoms with Crippen LogP contribution in [0.1, 0.15) is 33.3 Å². The highest BCUT2D eigenvalue weighted by Gasteiger charge is 2.42. The Hall–Kier alpha value is -3.38. The molecule has 0 fully saturated rings. The molecule has 0 spiro atoms. The Labute approximate surface area is 193 Å². The molecule has 1 amide bonds. The van der Waals surface area contributed by atoms with Gasteiger partial charge >= 0.3 is 0 Å². The molecule has 1 unspecified atom stereocenters. The summed E-state index contributed by atoms with van der Waals surface area (Å²) >= 11 is 3.46. The van der Waals surface area contributed by atoms with Crippen LogP contribution in [0.25, 0.3) is 11.0 Å². The Kier molecular flexibility index (Phi) is 5.31. The topological polar surface area (TPSA) is 59.8 Å². The van der Waals surface area contributed by atoms with Crippen molar-refractivity contribution in [2.45, 2.75) is 12.5 Å². The summed E-state index contributed by atoms with van der Waals surface area (Å²) in [6, 6.07) is 22.1. The fourth-order valence-electron chi connectivity index (χ4n) is 4.23. The van der Waals surface area contributed by atoms with Crippen LogP contribution < -0.4 is 10.2 Å². The standard InChI is InChI=1S/C26H20BrNO4/c1-31-19-12-6-16(7-13-19)14-15-28-23(17-8-10-18(27)11-9-17)22-24(29)20-4-2-3-5-21(20)32-25(22)26(28)30/h2-13,23H,14-15H2,1H3. The molecule has 3 aromatic carbocycles. The molecular weight excluding hydrogens is 470 g/mol. The zero-order chi connectivity index (χ0) is 22.2. The van der Waals surface area contributed by atoms with E-state index in [9.17, 15) is 9.59 Å². The first kappa shape index (κ1) is 20.5. The van der Waals surface area contributed by atoms with E-state index in [0.29, 0.717) is 29.5 Å². The Morgan fingerprint density at radius 3 is 2.41 bits per heavy atom. The molecule has 5 rings (SSSR count). The van der Waals surface area contributed by atoms with Crippen molar-refractivity contribution < 1.29 is 13.9 Å². The number of hydrogen-bond acceptors (Lipinski definition) is 4. The van der Waals surface area contributed by atoms with Crippen molar-refractivity contribution in [2.75, 3.05) is 13.7 Å². The predicted octanol–water partition coefficient (Wildman–Crippen LogP) is 5.35. The van der Waals surface area contributed by atoms with E-state index in [0.717, 1.165) is 21.3 Å². The van der Waals surface area contributed by atoms with E-state index >= 15 is 0 Å². The van der Waals surface area contributed by atoms with Gasteiger partial charge in [-0.3, -0.25) is 9.59 Å². The summed E-state index contributed by atoms with van der Waals surface area (Å²) < 4.78 is 12.1. The van der Waals surface area contributed by atoms with E-state index in [-0.39, 0.29) is 17.1 Å². The molecule has 2 heterocycles. The van der Waals surface area contributed by atoms with Crippen LogP contribution in [-0.2, 0) is 6.42 Å². The zero-order valence-corrected chi connectivity index (χ0v) is 19.0. The van der Waals surface area contributed by atoms with Crippen molar-refractivity contribution in [3.63, 3.8) is 0 Å². The highest BCUT2D eigenvalue weighted by Crippen LogP contribution is 2.38. The van der Waals surface area contributed by atoms with Gasteiger partial charge in [-0.1, -0.05) is 52.3 Å². The van der Waals surface area contributed by atoms with Crippen LogP contribution in [0.5, 0.6) is 5.75 Å². The van der Waals surface area contributed by atoms with Gasteiger partial charge in [-0.15, -0.1) is 0 Å². The molecule has 160 valence electrons. The second-order valence-corrected chi connectivity index (χ2v) is 8.64. The SMILES string of the molecule is COc1ccc(CCN2C(=O)c3oc4ccccc4c(=O)c3C2c2ccc(Br)cc2)cc1. The lowest BCUT2D eigenvalue weighted by molar-refractivity contribution is 0.0730. The molecule has 1 aliphatic rings. The smallest absolute Gasteiger partial charge is 0.290 e. The Morgan fingerprint density at radius 2 is 1.69 bits per heavy atom. The number of fused-ring (bicyclic) bond motifs is 2. The summed E-state index contributed by atoms with van der Waals surface area (Å²) in [5.41, 5.74) is 2.63. The molecular formula is C26H20BrNO4. The van der Waals surface area contributed by atoms with Crippen LogP contribution >= 0.6 is 15.9 Å². The highest BCUT2D eigenvalue weighted by molar-refractivity contribution is 9.10. The van der Waals surface area contributed by atoms with Gasteiger partial charge in [-0.25, -0.2) is 0 Å². The maximum Gasteiger partial charge on any atom is 0.290 e. The number of carbonyl (C=O) groups excluding carboxylic acids is 1. The second kappa shape index (κ2) is 8.28. The largest absolute Gasteiger partial charge is 0.497 e. The lowest BCUT2D eigenvalue weighted by atomic mass is 9.98. The van der Waals surface area contributed by atoms with Crippen molar-refractivity contribution in [3.8, 4) is 5.75 Å². The number of amides is 1. The monoisotopic (exact) mass is 489 g/mol. The summed E-state index contributed by atoms with van der Waals surface area (Å²) in [6.45, 7) is 0.450. The first-order valence-electron chi connectivity index (χ1n) is 10.3. The van der Waals surface area contributed by atoms with Crippen LogP contribution in [0.4, 0.5) is 0 Å². The average molecular weight is 490 g/mol. The third-order valence-electron chi connectivity index (χ3n) is 5.86. The Balaban J connectivity index is 1.58. The van der Waals surface area contributed by atoms with Crippen LogP contribution in [0, 0.1) is 0 Å². The van der Waals surface area contributed by atoms with Crippen LogP contribution in [0.3, 0.4) is 0 Å². The minimum atomic E-state index is -0.496. The molecule has 0 N–H and O–H groups in total. The number of rotatable bonds is 5. The Bertz CT molecular complexity index is 1360. The summed E-state index contributed by atoms with van der Waals surface area (Å²) in [7, 11) is 1.63. The third kappa shape index (κ3) is 3.50. The fourth-order valence-corrected chi connectivity index (χ4v) is 4.50. The molecule has 4 aromatic rings. The van der Waals surface area contributed by atoms with Crippen molar-refractivity contribution in [3.05, 3.63) is 110 Å². The van der Waals surface area contributed by atoms with Crippen molar-refractivity contribution in [1.29, 1.82) is 0 Å². The molecule has 0 radical (unpaired) electrons. The molecule has 1 aliphatic heterocycles. The second-order valence-electron chi connectivity index (χ2n) is 7.72. The number of carbonyl (C=O) groups is 1. The van der Waals surface area contributed by atoms with E-state index in [1.807, 2.05) is 48.5 Å². The van der Waals surface area contributed by atoms with Gasteiger partial charge in [-0.2, -0.15) is 0 Å². The van der Waals surface area contributed by atoms with Crippen LogP contribution in [-0.4, -0.2) is 24.5 Å². The maximum atomic E-state index is 13.4. The van der Waals surface area contributed by atoms with Crippen LogP contribution in [0.2, 0.25) is 0 Å². The number of hydrogen-bond donors (Lipinski definition) is 0. The van der Waals surface area contributed by atoms with E-state index < -0.39 is 6.04 Å². The fraction of sp³-hybridized carbons (Fsp3) is 0.154. The number of methoxy groups -OCH3 is 1. The third-order valence-corrected chi connectivity index (χ3v) is 6.39. The molecule has 0 saturated carbocycles. The zero-order valence-electron chi connectivity index (χ0n) is 17.4. The molecule has 0 bridgehead atoms. The first-order valence-corrected chi connectivity index (χ1v) is 11.1. The van der Waals surface area contributed by atoms with Crippen molar-refractivity contribution in [1.82, 2.24) is 4.90 Å². The molecule has 5 nitrogen and oxygen atoms in total. The normalized spacial score (nSPS) is 15.2. The van der Waals surface area contributed by atoms with Gasteiger partial charge in [-0.05, 0) is 53.9 Å². The van der Waals surface area contributed by atoms with Gasteiger partial charge < -0.3 is 14.1 Å². The molecule has 6 heteroatoms. The first-order chi connectivity index (χ1) is 15.6. The van der Waals surface area contributed by atoms with E-state index in [4.69, 9.17) is 9.15 Å². The van der Waals surface area contributed by atoms with Gasteiger partial charge in [0.05, 0.1) is 24.1 Å². The number of nitrogens with zero attached hydrogens (tertiary/aromatic N) is 1. The summed E-state index contributed by atoms with van der Waals surface area (Å²) in [5, 5.41) is 0.484. The van der Waals surface area contributed by atoms with E-state index in [1.165, 1.54) is 0 Å². The van der Waals surface area contributed by atoms with Crippen molar-refractivity contribution >= 4 is 32.8 Å². The highest BCUT2D eigenvalue weighted by atomic mass is 79.9. The quantitative estimate of drug-likeness (QED) is 0.379. The van der Waals surface area contributed by atoms with Gasteiger partial charge in [0.15, 0.2) is 5.43 Å². The molecule has 32 heavy (non-hydrogen) atoms. The van der Waals surface area contributed by atoms with Crippen molar-refractivity contribution in [2.24, 2.45) is 0 Å². The maximum absolute atomic E-state index is 13.4. The summed E-state index contributed by atoms with van der Waals surface area (Å²) in [6.07, 6.45) is 0.643. The number of halogens is 1. The lowest BCUT2D eigenvalue weighted by Gasteiger charge is -2.25. The average Bonchev–Trinajstić information content (AvgIpc) is 3.10. The molecule has 1 aromatic heterocycles. The minimum absolute atomic E-state index is 0.136. The van der Waals surface area contributed by atoms with Gasteiger partial charge in [0.1, 0.15) is 11.3 Å². The summed E-state index contributed by atoms with van der Waals surface area (Å²) in [4.78, 5) is 28.6. The van der Waals surface area contributed by atoms with Crippen LogP contribution in [0.15, 0.2) is 86.5 Å². The predicted molar refractivity (Wildman–Crippen MR) is 126 cm³/mol. The van der Waals surface area contributed by atoms with Gasteiger partial charge in [0.2, 0.25) is 5.76 Å². The lowest BCUT2D eigenvalue weighted by Crippen LogP contribution is -2.31. The van der Waals surface area contributed by atoms with E-state index in [2.05, 4.69) is 15.9 Å².